The molecule has 0 radical (unpaired) electrons. The Morgan fingerprint density at radius 3 is 2.44 bits per heavy atom. The summed E-state index contributed by atoms with van der Waals surface area (Å²) in [7, 11) is 0. The first-order valence-electron chi connectivity index (χ1n) is 10.4. The van der Waals surface area contributed by atoms with Crippen LogP contribution < -0.4 is 10.2 Å². The van der Waals surface area contributed by atoms with Gasteiger partial charge in [0, 0.05) is 32.2 Å². The molecule has 2 aliphatic rings. The van der Waals surface area contributed by atoms with E-state index in [-0.39, 0.29) is 17.1 Å². The number of hydrogen-bond acceptors (Lipinski definition) is 3. The van der Waals surface area contributed by atoms with E-state index in [2.05, 4.69) is 35.9 Å². The number of rotatable bonds is 4. The fourth-order valence-corrected chi connectivity index (χ4v) is 4.65. The first kappa shape index (κ1) is 20.1. The molecule has 1 aliphatic carbocycles. The molecule has 2 fully saturated rings. The van der Waals surface area contributed by atoms with Crippen LogP contribution in [0.3, 0.4) is 0 Å². The third-order valence-electron chi connectivity index (χ3n) is 6.16. The molecule has 1 saturated heterocycles. The van der Waals surface area contributed by atoms with Crippen molar-refractivity contribution >= 4 is 11.6 Å². The van der Waals surface area contributed by atoms with Gasteiger partial charge in [0.1, 0.15) is 5.82 Å². The monoisotopic (exact) mass is 375 g/mol. The van der Waals surface area contributed by atoms with E-state index in [1.54, 1.807) is 6.07 Å². The molecular weight excluding hydrogens is 341 g/mol. The molecule has 1 amide bonds. The molecule has 2 atom stereocenters. The maximum atomic E-state index is 14.0. The number of benzene rings is 1. The van der Waals surface area contributed by atoms with E-state index in [1.807, 2.05) is 12.1 Å². The zero-order valence-electron chi connectivity index (χ0n) is 17.0. The van der Waals surface area contributed by atoms with Crippen LogP contribution in [0, 0.1) is 17.2 Å². The molecule has 0 spiro atoms. The van der Waals surface area contributed by atoms with Gasteiger partial charge in [-0.15, -0.1) is 0 Å². The van der Waals surface area contributed by atoms with Crippen LogP contribution in [0.5, 0.6) is 0 Å². The number of piperazine rings is 1. The quantitative estimate of drug-likeness (QED) is 0.872. The first-order chi connectivity index (χ1) is 12.8. The molecule has 1 aliphatic heterocycles. The Hall–Kier alpha value is -1.62. The molecule has 0 bridgehead atoms. The zero-order valence-corrected chi connectivity index (χ0v) is 17.0. The van der Waals surface area contributed by atoms with E-state index in [0.717, 1.165) is 32.6 Å². The van der Waals surface area contributed by atoms with Crippen molar-refractivity contribution in [3.8, 4) is 0 Å². The minimum atomic E-state index is -0.172. The second kappa shape index (κ2) is 8.59. The van der Waals surface area contributed by atoms with Gasteiger partial charge in [0.15, 0.2) is 0 Å². The number of amides is 1. The van der Waals surface area contributed by atoms with Crippen molar-refractivity contribution in [2.24, 2.45) is 11.3 Å². The Morgan fingerprint density at radius 1 is 1.11 bits per heavy atom. The third kappa shape index (κ3) is 5.22. The number of nitrogens with zero attached hydrogens (tertiary/aromatic N) is 2. The molecule has 27 heavy (non-hydrogen) atoms. The van der Waals surface area contributed by atoms with E-state index in [1.165, 1.54) is 25.3 Å². The lowest BCUT2D eigenvalue weighted by molar-refractivity contribution is -0.124. The number of para-hydroxylation sites is 1. The van der Waals surface area contributed by atoms with Crippen LogP contribution in [0.1, 0.15) is 46.5 Å². The normalized spacial score (nSPS) is 24.7. The van der Waals surface area contributed by atoms with Gasteiger partial charge >= 0.3 is 0 Å². The lowest BCUT2D eigenvalue weighted by Gasteiger charge is -2.41. The molecule has 1 aromatic carbocycles. The first-order valence-corrected chi connectivity index (χ1v) is 10.4. The molecule has 0 unspecified atom stereocenters. The van der Waals surface area contributed by atoms with Crippen LogP contribution in [-0.4, -0.2) is 49.6 Å². The Bertz CT molecular complexity index is 635. The highest BCUT2D eigenvalue weighted by molar-refractivity contribution is 5.78. The summed E-state index contributed by atoms with van der Waals surface area (Å²) >= 11 is 0. The molecule has 1 saturated carbocycles. The maximum Gasteiger partial charge on any atom is 0.234 e. The number of nitrogens with one attached hydrogen (secondary N) is 1. The lowest BCUT2D eigenvalue weighted by atomic mass is 9.69. The van der Waals surface area contributed by atoms with Crippen molar-refractivity contribution in [1.82, 2.24) is 10.2 Å². The van der Waals surface area contributed by atoms with Crippen molar-refractivity contribution in [3.05, 3.63) is 30.1 Å². The Morgan fingerprint density at radius 2 is 1.78 bits per heavy atom. The number of hydrogen-bond donors (Lipinski definition) is 1. The van der Waals surface area contributed by atoms with Gasteiger partial charge in [-0.3, -0.25) is 9.69 Å². The Balaban J connectivity index is 1.49. The van der Waals surface area contributed by atoms with Gasteiger partial charge in [0.2, 0.25) is 5.91 Å². The van der Waals surface area contributed by atoms with Crippen LogP contribution in [0.4, 0.5) is 10.1 Å². The van der Waals surface area contributed by atoms with Gasteiger partial charge in [-0.1, -0.05) is 45.7 Å². The smallest absolute Gasteiger partial charge is 0.234 e. The lowest BCUT2D eigenvalue weighted by Crippen LogP contribution is -2.53. The van der Waals surface area contributed by atoms with Crippen molar-refractivity contribution in [2.45, 2.75) is 52.5 Å². The second-order valence-electron chi connectivity index (χ2n) is 9.15. The number of halogens is 1. The fourth-order valence-electron chi connectivity index (χ4n) is 4.65. The molecule has 5 heteroatoms. The molecule has 150 valence electrons. The highest BCUT2D eigenvalue weighted by Gasteiger charge is 2.35. The standard InChI is InChI=1S/C22H34FN3O/c1-22(2,3)17-8-4-6-10-19(17)24-21(27)16-25-12-14-26(15-13-25)20-11-7-5-9-18(20)23/h5,7,9,11,17,19H,4,6,8,10,12-16H2,1-3H3,(H,24,27)/t17-,19+/m1/s1. The predicted octanol–water partition coefficient (Wildman–Crippen LogP) is 3.67. The molecule has 4 nitrogen and oxygen atoms in total. The minimum Gasteiger partial charge on any atom is -0.367 e. The summed E-state index contributed by atoms with van der Waals surface area (Å²) in [6.07, 6.45) is 4.77. The summed E-state index contributed by atoms with van der Waals surface area (Å²) in [6, 6.07) is 7.22. The molecule has 1 N–H and O–H groups in total. The molecular formula is C22H34FN3O. The number of carbonyl (C=O) groups excluding carboxylic acids is 1. The average Bonchev–Trinajstić information content (AvgIpc) is 2.62. The van der Waals surface area contributed by atoms with Gasteiger partial charge in [-0.2, -0.15) is 0 Å². The van der Waals surface area contributed by atoms with Crippen molar-refractivity contribution < 1.29 is 9.18 Å². The van der Waals surface area contributed by atoms with Gasteiger partial charge in [0.05, 0.1) is 12.2 Å². The maximum absolute atomic E-state index is 14.0. The summed E-state index contributed by atoms with van der Waals surface area (Å²) in [5, 5.41) is 3.32. The van der Waals surface area contributed by atoms with Crippen LogP contribution in [0.15, 0.2) is 24.3 Å². The molecule has 1 heterocycles. The second-order valence-corrected chi connectivity index (χ2v) is 9.15. The van der Waals surface area contributed by atoms with Crippen molar-refractivity contribution in [2.75, 3.05) is 37.6 Å². The molecule has 3 rings (SSSR count). The summed E-state index contributed by atoms with van der Waals surface area (Å²) in [5.41, 5.74) is 0.890. The SMILES string of the molecule is CC(C)(C)[C@@H]1CCCC[C@@H]1NC(=O)CN1CCN(c2ccccc2F)CC1. The van der Waals surface area contributed by atoms with Gasteiger partial charge in [0.25, 0.3) is 0 Å². The zero-order chi connectivity index (χ0) is 19.4. The fraction of sp³-hybridized carbons (Fsp3) is 0.682. The molecule has 1 aromatic rings. The third-order valence-corrected chi connectivity index (χ3v) is 6.16. The number of anilines is 1. The van der Waals surface area contributed by atoms with Crippen molar-refractivity contribution in [1.29, 1.82) is 0 Å². The van der Waals surface area contributed by atoms with E-state index >= 15 is 0 Å². The van der Waals surface area contributed by atoms with E-state index in [9.17, 15) is 9.18 Å². The van der Waals surface area contributed by atoms with Crippen LogP contribution in [0.2, 0.25) is 0 Å². The summed E-state index contributed by atoms with van der Waals surface area (Å²) in [6.45, 7) is 10.4. The van der Waals surface area contributed by atoms with Gasteiger partial charge < -0.3 is 10.2 Å². The summed E-state index contributed by atoms with van der Waals surface area (Å²) in [4.78, 5) is 16.9. The summed E-state index contributed by atoms with van der Waals surface area (Å²) < 4.78 is 14.0. The van der Waals surface area contributed by atoms with Crippen LogP contribution >= 0.6 is 0 Å². The topological polar surface area (TPSA) is 35.6 Å². The van der Waals surface area contributed by atoms with Gasteiger partial charge in [-0.05, 0) is 36.3 Å². The molecule has 0 aromatic heterocycles. The van der Waals surface area contributed by atoms with Gasteiger partial charge in [-0.25, -0.2) is 4.39 Å². The van der Waals surface area contributed by atoms with Crippen molar-refractivity contribution in [3.63, 3.8) is 0 Å². The van der Waals surface area contributed by atoms with Crippen LogP contribution in [-0.2, 0) is 4.79 Å². The van der Waals surface area contributed by atoms with E-state index in [4.69, 9.17) is 0 Å². The van der Waals surface area contributed by atoms with Crippen LogP contribution in [0.25, 0.3) is 0 Å². The van der Waals surface area contributed by atoms with E-state index < -0.39 is 0 Å². The highest BCUT2D eigenvalue weighted by Crippen LogP contribution is 2.38. The summed E-state index contributed by atoms with van der Waals surface area (Å²) in [5.74, 6) is 0.512. The predicted molar refractivity (Wildman–Crippen MR) is 108 cm³/mol. The Kier molecular flexibility index (Phi) is 6.40. The Labute approximate surface area is 163 Å². The number of carbonyl (C=O) groups is 1. The minimum absolute atomic E-state index is 0.135. The largest absolute Gasteiger partial charge is 0.367 e. The highest BCUT2D eigenvalue weighted by atomic mass is 19.1. The van der Waals surface area contributed by atoms with E-state index in [0.29, 0.717) is 24.2 Å². The average molecular weight is 376 g/mol.